The fourth-order valence-corrected chi connectivity index (χ4v) is 3.47. The molecule has 140 valence electrons. The molecule has 1 amide bonds. The van der Waals surface area contributed by atoms with E-state index < -0.39 is 0 Å². The Kier molecular flexibility index (Phi) is 7.77. The van der Waals surface area contributed by atoms with E-state index in [1.54, 1.807) is 0 Å². The molecule has 0 unspecified atom stereocenters. The Bertz CT molecular complexity index is 531. The number of carbonyl (C=O) groups is 1. The number of benzene rings is 1. The third-order valence-corrected chi connectivity index (χ3v) is 5.51. The van der Waals surface area contributed by atoms with Crippen molar-refractivity contribution in [1.29, 1.82) is 0 Å². The summed E-state index contributed by atoms with van der Waals surface area (Å²) in [5, 5.41) is 3.68. The summed E-state index contributed by atoms with van der Waals surface area (Å²) in [6.45, 7) is 7.45. The number of carbonyl (C=O) groups excluding carboxylic acids is 1. The van der Waals surface area contributed by atoms with E-state index in [1.807, 2.05) is 0 Å². The van der Waals surface area contributed by atoms with E-state index in [0.29, 0.717) is 24.3 Å². The van der Waals surface area contributed by atoms with Gasteiger partial charge in [-0.3, -0.25) is 4.79 Å². The van der Waals surface area contributed by atoms with Gasteiger partial charge in [0.05, 0.1) is 0 Å². The molecule has 1 heterocycles. The Morgan fingerprint density at radius 3 is 2.32 bits per heavy atom. The normalized spacial score (nSPS) is 18.3. The lowest BCUT2D eigenvalue weighted by atomic mass is 10.00. The number of hydrogen-bond acceptors (Lipinski definition) is 2. The van der Waals surface area contributed by atoms with E-state index in [-0.39, 0.29) is 12.4 Å². The second kappa shape index (κ2) is 9.59. The van der Waals surface area contributed by atoms with Gasteiger partial charge in [-0.1, -0.05) is 38.1 Å². The highest BCUT2D eigenvalue weighted by atomic mass is 35.5. The fraction of sp³-hybridized carbons (Fsp3) is 0.667. The van der Waals surface area contributed by atoms with Gasteiger partial charge in [0.1, 0.15) is 0 Å². The maximum Gasteiger partial charge on any atom is 0.222 e. The molecule has 0 radical (unpaired) electrons. The average molecular weight is 365 g/mol. The van der Waals surface area contributed by atoms with E-state index >= 15 is 0 Å². The maximum absolute atomic E-state index is 12.4. The quantitative estimate of drug-likeness (QED) is 0.788. The number of piperidine rings is 1. The highest BCUT2D eigenvalue weighted by Crippen LogP contribution is 2.28. The van der Waals surface area contributed by atoms with Crippen molar-refractivity contribution in [2.75, 3.05) is 19.6 Å². The molecular weight excluding hydrogens is 332 g/mol. The first-order valence-corrected chi connectivity index (χ1v) is 9.72. The van der Waals surface area contributed by atoms with Gasteiger partial charge in [-0.2, -0.15) is 0 Å². The van der Waals surface area contributed by atoms with Crippen molar-refractivity contribution >= 4 is 18.3 Å². The smallest absolute Gasteiger partial charge is 0.222 e. The summed E-state index contributed by atoms with van der Waals surface area (Å²) in [4.78, 5) is 14.5. The largest absolute Gasteiger partial charge is 0.343 e. The van der Waals surface area contributed by atoms with Crippen molar-refractivity contribution in [3.63, 3.8) is 0 Å². The van der Waals surface area contributed by atoms with Crippen LogP contribution in [-0.2, 0) is 11.2 Å². The molecule has 1 N–H and O–H groups in total. The van der Waals surface area contributed by atoms with Crippen LogP contribution in [0.2, 0.25) is 0 Å². The Balaban J connectivity index is 0.00000225. The maximum atomic E-state index is 12.4. The van der Waals surface area contributed by atoms with Crippen molar-refractivity contribution in [2.45, 2.75) is 64.3 Å². The highest BCUT2D eigenvalue weighted by molar-refractivity contribution is 5.85. The molecule has 25 heavy (non-hydrogen) atoms. The van der Waals surface area contributed by atoms with Crippen molar-refractivity contribution in [3.8, 4) is 0 Å². The Hall–Kier alpha value is -1.06. The van der Waals surface area contributed by atoms with Gasteiger partial charge < -0.3 is 10.2 Å². The third kappa shape index (κ3) is 6.31. The predicted octanol–water partition coefficient (Wildman–Crippen LogP) is 4.16. The van der Waals surface area contributed by atoms with Crippen molar-refractivity contribution in [1.82, 2.24) is 10.2 Å². The number of likely N-dealkylation sites (tertiary alicyclic amines) is 1. The van der Waals surface area contributed by atoms with Crippen LogP contribution in [0.1, 0.15) is 63.0 Å². The lowest BCUT2D eigenvalue weighted by Gasteiger charge is -2.32. The molecule has 1 saturated carbocycles. The SMILES string of the molecule is CC(C)c1ccc(CCC(=O)N2CCC(NCC3CC3)CC2)cc1.Cl. The molecule has 1 aromatic carbocycles. The van der Waals surface area contributed by atoms with E-state index in [4.69, 9.17) is 0 Å². The van der Waals surface area contributed by atoms with E-state index in [1.165, 1.54) is 30.5 Å². The summed E-state index contributed by atoms with van der Waals surface area (Å²) in [6, 6.07) is 9.37. The van der Waals surface area contributed by atoms with Crippen LogP contribution >= 0.6 is 12.4 Å². The third-order valence-electron chi connectivity index (χ3n) is 5.51. The van der Waals surface area contributed by atoms with Crippen molar-refractivity contribution in [2.24, 2.45) is 5.92 Å². The van der Waals surface area contributed by atoms with Gasteiger partial charge in [0.15, 0.2) is 0 Å². The van der Waals surface area contributed by atoms with Gasteiger partial charge in [-0.15, -0.1) is 12.4 Å². The van der Waals surface area contributed by atoms with Gasteiger partial charge >= 0.3 is 0 Å². The molecule has 2 aliphatic rings. The van der Waals surface area contributed by atoms with E-state index in [2.05, 4.69) is 48.3 Å². The molecule has 3 nitrogen and oxygen atoms in total. The molecule has 1 aliphatic carbocycles. The molecule has 0 aromatic heterocycles. The molecule has 2 fully saturated rings. The molecule has 0 spiro atoms. The van der Waals surface area contributed by atoms with Crippen LogP contribution in [0.5, 0.6) is 0 Å². The zero-order chi connectivity index (χ0) is 16.9. The Morgan fingerprint density at radius 2 is 1.76 bits per heavy atom. The summed E-state index contributed by atoms with van der Waals surface area (Å²) < 4.78 is 0. The van der Waals surface area contributed by atoms with E-state index in [9.17, 15) is 4.79 Å². The highest BCUT2D eigenvalue weighted by Gasteiger charge is 2.25. The van der Waals surface area contributed by atoms with Crippen LogP contribution in [0.3, 0.4) is 0 Å². The summed E-state index contributed by atoms with van der Waals surface area (Å²) in [5.41, 5.74) is 2.64. The molecular formula is C21H33ClN2O. The second-order valence-corrected chi connectivity index (χ2v) is 7.90. The van der Waals surface area contributed by atoms with Gasteiger partial charge in [0, 0.05) is 25.6 Å². The summed E-state index contributed by atoms with van der Waals surface area (Å²) in [6.07, 6.45) is 6.53. The number of nitrogens with one attached hydrogen (secondary N) is 1. The number of halogens is 1. The van der Waals surface area contributed by atoms with Crippen LogP contribution in [0.15, 0.2) is 24.3 Å². The standard InChI is InChI=1S/C21H32N2O.ClH/c1-16(2)19-8-5-17(6-9-19)7-10-21(24)23-13-11-20(12-14-23)22-15-18-3-4-18;/h5-6,8-9,16,18,20,22H,3-4,7,10-15H2,1-2H3;1H. The molecule has 1 aliphatic heterocycles. The molecule has 0 bridgehead atoms. The molecule has 0 atom stereocenters. The van der Waals surface area contributed by atoms with Crippen LogP contribution in [0, 0.1) is 5.92 Å². The lowest BCUT2D eigenvalue weighted by Crippen LogP contribution is -2.45. The molecule has 3 rings (SSSR count). The first-order valence-electron chi connectivity index (χ1n) is 9.72. The van der Waals surface area contributed by atoms with Crippen LogP contribution in [-0.4, -0.2) is 36.5 Å². The Labute approximate surface area is 159 Å². The number of hydrogen-bond donors (Lipinski definition) is 1. The minimum Gasteiger partial charge on any atom is -0.343 e. The van der Waals surface area contributed by atoms with Crippen LogP contribution in [0.25, 0.3) is 0 Å². The van der Waals surface area contributed by atoms with Crippen molar-refractivity contribution in [3.05, 3.63) is 35.4 Å². The molecule has 4 heteroatoms. The summed E-state index contributed by atoms with van der Waals surface area (Å²) in [7, 11) is 0. The van der Waals surface area contributed by atoms with E-state index in [0.717, 1.165) is 38.3 Å². The zero-order valence-corrected chi connectivity index (χ0v) is 16.5. The molecule has 1 saturated heterocycles. The topological polar surface area (TPSA) is 32.3 Å². The van der Waals surface area contributed by atoms with Crippen molar-refractivity contribution < 1.29 is 4.79 Å². The van der Waals surface area contributed by atoms with Gasteiger partial charge in [-0.25, -0.2) is 0 Å². The number of rotatable bonds is 7. The van der Waals surface area contributed by atoms with Gasteiger partial charge in [0.2, 0.25) is 5.91 Å². The minimum atomic E-state index is 0. The molecule has 1 aromatic rings. The van der Waals surface area contributed by atoms with Gasteiger partial charge in [-0.05, 0) is 61.6 Å². The summed E-state index contributed by atoms with van der Waals surface area (Å²) >= 11 is 0. The monoisotopic (exact) mass is 364 g/mol. The number of aryl methyl sites for hydroxylation is 1. The van der Waals surface area contributed by atoms with Crippen LogP contribution in [0.4, 0.5) is 0 Å². The summed E-state index contributed by atoms with van der Waals surface area (Å²) in [5.74, 6) is 1.82. The lowest BCUT2D eigenvalue weighted by molar-refractivity contribution is -0.132. The second-order valence-electron chi connectivity index (χ2n) is 7.90. The van der Waals surface area contributed by atoms with Crippen LogP contribution < -0.4 is 5.32 Å². The number of amides is 1. The van der Waals surface area contributed by atoms with Gasteiger partial charge in [0.25, 0.3) is 0 Å². The fourth-order valence-electron chi connectivity index (χ4n) is 3.47. The first kappa shape index (κ1) is 20.3. The number of nitrogens with zero attached hydrogens (tertiary/aromatic N) is 1. The predicted molar refractivity (Wildman–Crippen MR) is 106 cm³/mol. The minimum absolute atomic E-state index is 0. The first-order chi connectivity index (χ1) is 11.6. The zero-order valence-electron chi connectivity index (χ0n) is 15.7. The Morgan fingerprint density at radius 1 is 1.12 bits per heavy atom. The average Bonchev–Trinajstić information content (AvgIpc) is 3.43.